The number of nitrogens with two attached hydrogens (primary N) is 2. The Kier molecular flexibility index (Phi) is 12.5. The maximum absolute atomic E-state index is 12.9. The number of primary amides is 1. The third-order valence-electron chi connectivity index (χ3n) is 5.44. The molecule has 0 bridgehead atoms. The minimum absolute atomic E-state index is 0.127. The molecule has 0 aliphatic carbocycles. The number of amides is 4. The highest BCUT2D eigenvalue weighted by Crippen LogP contribution is 2.11. The summed E-state index contributed by atoms with van der Waals surface area (Å²) in [6, 6.07) is -5.06. The number of carbonyl (C=O) groups excluding carboxylic acids is 4. The van der Waals surface area contributed by atoms with E-state index in [1.807, 2.05) is 6.92 Å². The zero-order chi connectivity index (χ0) is 25.2. The summed E-state index contributed by atoms with van der Waals surface area (Å²) in [5, 5.41) is 25.7. The van der Waals surface area contributed by atoms with Gasteiger partial charge in [-0.1, -0.05) is 40.5 Å². The predicted octanol–water partition coefficient (Wildman–Crippen LogP) is -1.80. The monoisotopic (exact) mass is 459 g/mol. The molecular weight excluding hydrogens is 422 g/mol. The molecular formula is C20H37N5O7. The second-order valence-electron chi connectivity index (χ2n) is 8.08. The molecule has 12 nitrogen and oxygen atoms in total. The summed E-state index contributed by atoms with van der Waals surface area (Å²) in [6.07, 6.45) is -0.885. The predicted molar refractivity (Wildman–Crippen MR) is 116 cm³/mol. The van der Waals surface area contributed by atoms with Crippen LogP contribution in [0.4, 0.5) is 0 Å². The molecule has 0 aromatic heterocycles. The molecule has 0 heterocycles. The maximum Gasteiger partial charge on any atom is 0.328 e. The molecule has 184 valence electrons. The van der Waals surface area contributed by atoms with Crippen LogP contribution in [0.25, 0.3) is 0 Å². The molecule has 0 saturated carbocycles. The van der Waals surface area contributed by atoms with Gasteiger partial charge in [0, 0.05) is 0 Å². The van der Waals surface area contributed by atoms with Gasteiger partial charge in [0.1, 0.15) is 12.1 Å². The van der Waals surface area contributed by atoms with Gasteiger partial charge in [0.25, 0.3) is 0 Å². The van der Waals surface area contributed by atoms with Crippen molar-refractivity contribution in [1.82, 2.24) is 16.0 Å². The molecule has 0 radical (unpaired) electrons. The average Bonchev–Trinajstić information content (AvgIpc) is 2.72. The summed E-state index contributed by atoms with van der Waals surface area (Å²) in [5.41, 5.74) is 11.1. The van der Waals surface area contributed by atoms with Crippen LogP contribution in [0.1, 0.15) is 53.9 Å². The first-order chi connectivity index (χ1) is 14.8. The zero-order valence-electron chi connectivity index (χ0n) is 19.3. The Morgan fingerprint density at radius 2 is 1.31 bits per heavy atom. The molecule has 0 aliphatic heterocycles. The number of carboxylic acid groups (broad SMARTS) is 1. The van der Waals surface area contributed by atoms with E-state index in [2.05, 4.69) is 16.0 Å². The number of carbonyl (C=O) groups is 5. The van der Waals surface area contributed by atoms with E-state index in [1.165, 1.54) is 0 Å². The number of hydrogen-bond donors (Lipinski definition) is 7. The minimum atomic E-state index is -1.66. The number of hydrogen-bond acceptors (Lipinski definition) is 7. The topological polar surface area (TPSA) is 214 Å². The van der Waals surface area contributed by atoms with Crippen molar-refractivity contribution in [2.45, 2.75) is 84.2 Å². The van der Waals surface area contributed by atoms with Gasteiger partial charge in [0.2, 0.25) is 23.6 Å². The highest BCUT2D eigenvalue weighted by atomic mass is 16.4. The van der Waals surface area contributed by atoms with Crippen LogP contribution < -0.4 is 27.4 Å². The van der Waals surface area contributed by atoms with Crippen molar-refractivity contribution in [3.63, 3.8) is 0 Å². The molecule has 32 heavy (non-hydrogen) atoms. The average molecular weight is 460 g/mol. The number of carboxylic acids is 1. The smallest absolute Gasteiger partial charge is 0.328 e. The van der Waals surface area contributed by atoms with Crippen molar-refractivity contribution in [2.24, 2.45) is 23.3 Å². The molecule has 0 aromatic rings. The Hall–Kier alpha value is -2.73. The van der Waals surface area contributed by atoms with Gasteiger partial charge < -0.3 is 37.6 Å². The molecule has 0 rings (SSSR count). The minimum Gasteiger partial charge on any atom is -0.480 e. The van der Waals surface area contributed by atoms with E-state index in [0.29, 0.717) is 12.8 Å². The van der Waals surface area contributed by atoms with Crippen molar-refractivity contribution in [1.29, 1.82) is 0 Å². The Morgan fingerprint density at radius 1 is 0.812 bits per heavy atom. The van der Waals surface area contributed by atoms with Crippen molar-refractivity contribution < 1.29 is 34.2 Å². The summed E-state index contributed by atoms with van der Waals surface area (Å²) >= 11 is 0. The van der Waals surface area contributed by atoms with Gasteiger partial charge in [-0.2, -0.15) is 0 Å². The fourth-order valence-electron chi connectivity index (χ4n) is 2.78. The van der Waals surface area contributed by atoms with Gasteiger partial charge in [-0.3, -0.25) is 19.2 Å². The summed E-state index contributed by atoms with van der Waals surface area (Å²) in [6.45, 7) is 8.36. The summed E-state index contributed by atoms with van der Waals surface area (Å²) in [7, 11) is 0. The lowest BCUT2D eigenvalue weighted by Crippen LogP contribution is -2.60. The Balaban J connectivity index is 5.61. The molecule has 4 amide bonds. The summed E-state index contributed by atoms with van der Waals surface area (Å²) in [5.74, 6) is -5.19. The number of aliphatic hydroxyl groups is 1. The van der Waals surface area contributed by atoms with Crippen LogP contribution in [0.5, 0.6) is 0 Å². The van der Waals surface area contributed by atoms with E-state index >= 15 is 0 Å². The summed E-state index contributed by atoms with van der Waals surface area (Å²) in [4.78, 5) is 60.6. The van der Waals surface area contributed by atoms with Gasteiger partial charge in [0.15, 0.2) is 6.04 Å². The lowest BCUT2D eigenvalue weighted by atomic mass is 9.95. The van der Waals surface area contributed by atoms with Crippen molar-refractivity contribution in [2.75, 3.05) is 0 Å². The summed E-state index contributed by atoms with van der Waals surface area (Å²) < 4.78 is 0. The molecule has 0 aliphatic rings. The third kappa shape index (κ3) is 9.18. The van der Waals surface area contributed by atoms with E-state index in [9.17, 15) is 29.1 Å². The van der Waals surface area contributed by atoms with Crippen LogP contribution in [0, 0.1) is 11.8 Å². The normalized spacial score (nSPS) is 17.6. The highest BCUT2D eigenvalue weighted by molar-refractivity contribution is 5.96. The standard InChI is InChI=1S/C20H37N5O7/c1-6-9(3)14(22)18(29)24-15(10(4)7-2)19(30)23-12(8-13(21)27)17(28)25-16(11(5)26)20(31)32/h9-12,14-16,26H,6-8,22H2,1-5H3,(H2,21,27)(H,23,30)(H,24,29)(H,25,28)(H,31,32). The van der Waals surface area contributed by atoms with E-state index in [-0.39, 0.29) is 11.8 Å². The Morgan fingerprint density at radius 3 is 1.72 bits per heavy atom. The number of rotatable bonds is 14. The van der Waals surface area contributed by atoms with Crippen LogP contribution in [0.15, 0.2) is 0 Å². The molecule has 7 atom stereocenters. The lowest BCUT2D eigenvalue weighted by molar-refractivity contribution is -0.145. The second kappa shape index (κ2) is 13.6. The number of aliphatic carboxylic acids is 1. The lowest BCUT2D eigenvalue weighted by Gasteiger charge is -2.28. The van der Waals surface area contributed by atoms with E-state index in [0.717, 1.165) is 6.92 Å². The fraction of sp³-hybridized carbons (Fsp3) is 0.750. The van der Waals surface area contributed by atoms with Gasteiger partial charge in [-0.15, -0.1) is 0 Å². The van der Waals surface area contributed by atoms with Crippen LogP contribution in [-0.4, -0.2) is 70.1 Å². The zero-order valence-corrected chi connectivity index (χ0v) is 19.3. The van der Waals surface area contributed by atoms with Crippen LogP contribution in [0.3, 0.4) is 0 Å². The Labute approximate surface area is 187 Å². The van der Waals surface area contributed by atoms with Gasteiger partial charge in [-0.05, 0) is 18.8 Å². The van der Waals surface area contributed by atoms with Crippen molar-refractivity contribution in [3.8, 4) is 0 Å². The fourth-order valence-corrected chi connectivity index (χ4v) is 2.78. The maximum atomic E-state index is 12.9. The van der Waals surface area contributed by atoms with Crippen LogP contribution in [0.2, 0.25) is 0 Å². The van der Waals surface area contributed by atoms with E-state index < -0.39 is 66.3 Å². The second-order valence-corrected chi connectivity index (χ2v) is 8.08. The van der Waals surface area contributed by atoms with Gasteiger partial charge in [-0.25, -0.2) is 4.79 Å². The molecule has 7 unspecified atom stereocenters. The van der Waals surface area contributed by atoms with Crippen molar-refractivity contribution >= 4 is 29.6 Å². The molecule has 0 spiro atoms. The van der Waals surface area contributed by atoms with Gasteiger partial charge in [0.05, 0.1) is 18.6 Å². The van der Waals surface area contributed by atoms with E-state index in [1.54, 1.807) is 20.8 Å². The molecule has 9 N–H and O–H groups in total. The molecule has 12 heteroatoms. The first kappa shape index (κ1) is 29.3. The largest absolute Gasteiger partial charge is 0.480 e. The first-order valence-electron chi connectivity index (χ1n) is 10.6. The van der Waals surface area contributed by atoms with Gasteiger partial charge >= 0.3 is 5.97 Å². The Bertz CT molecular complexity index is 685. The quantitative estimate of drug-likeness (QED) is 0.157. The van der Waals surface area contributed by atoms with Crippen molar-refractivity contribution in [3.05, 3.63) is 0 Å². The number of nitrogens with one attached hydrogen (secondary N) is 3. The number of aliphatic hydroxyl groups excluding tert-OH is 1. The highest BCUT2D eigenvalue weighted by Gasteiger charge is 2.34. The molecule has 0 aromatic carbocycles. The first-order valence-corrected chi connectivity index (χ1v) is 10.6. The van der Waals surface area contributed by atoms with Crippen LogP contribution in [-0.2, 0) is 24.0 Å². The third-order valence-corrected chi connectivity index (χ3v) is 5.44. The SMILES string of the molecule is CCC(C)C(N)C(=O)NC(C(=O)NC(CC(N)=O)C(=O)NC(C(=O)O)C(C)O)C(C)CC. The molecule has 0 fully saturated rings. The van der Waals surface area contributed by atoms with E-state index in [4.69, 9.17) is 16.6 Å². The van der Waals surface area contributed by atoms with Crippen LogP contribution >= 0.6 is 0 Å². The molecule has 0 saturated heterocycles.